The van der Waals surface area contributed by atoms with Crippen LogP contribution in [-0.4, -0.2) is 40.9 Å². The largest absolute Gasteiger partial charge is 0.340 e. The van der Waals surface area contributed by atoms with E-state index in [0.717, 1.165) is 54.5 Å². The van der Waals surface area contributed by atoms with E-state index in [-0.39, 0.29) is 6.04 Å². The highest BCUT2D eigenvalue weighted by atomic mass is 15.2. The Morgan fingerprint density at radius 2 is 1.89 bits per heavy atom. The number of imidazole rings is 1. The Kier molecular flexibility index (Phi) is 4.81. The summed E-state index contributed by atoms with van der Waals surface area (Å²) in [6.07, 6.45) is 9.54. The molecular formula is C19H24N8. The standard InChI is InChI=1S/C19H24N8/c1-13-9-14(2)24-19(23-13)25-18-17(20-6-7-21-18)16-5-4-8-27(16)11-15-10-26(3)12-22-15/h6-7,9-10,12,16H,4-5,8,11H2,1-3H3,(H,21,23,24,25). The summed E-state index contributed by atoms with van der Waals surface area (Å²) in [4.78, 5) is 25.0. The van der Waals surface area contributed by atoms with E-state index in [1.54, 1.807) is 12.4 Å². The first-order valence-corrected chi connectivity index (χ1v) is 9.19. The number of nitrogens with one attached hydrogen (secondary N) is 1. The molecule has 3 aromatic heterocycles. The highest BCUT2D eigenvalue weighted by molar-refractivity contribution is 5.52. The molecule has 1 N–H and O–H groups in total. The third-order valence-electron chi connectivity index (χ3n) is 4.74. The second-order valence-corrected chi connectivity index (χ2v) is 7.05. The average molecular weight is 364 g/mol. The zero-order valence-corrected chi connectivity index (χ0v) is 15.9. The van der Waals surface area contributed by atoms with Gasteiger partial charge < -0.3 is 9.88 Å². The zero-order valence-electron chi connectivity index (χ0n) is 15.9. The van der Waals surface area contributed by atoms with Crippen LogP contribution in [0.3, 0.4) is 0 Å². The molecule has 1 unspecified atom stereocenters. The predicted octanol–water partition coefficient (Wildman–Crippen LogP) is 2.70. The van der Waals surface area contributed by atoms with Gasteiger partial charge in [-0.05, 0) is 39.3 Å². The third kappa shape index (κ3) is 3.95. The topological polar surface area (TPSA) is 84.7 Å². The van der Waals surface area contributed by atoms with E-state index in [9.17, 15) is 0 Å². The predicted molar refractivity (Wildman–Crippen MR) is 102 cm³/mol. The number of aryl methyl sites for hydroxylation is 3. The lowest BCUT2D eigenvalue weighted by Gasteiger charge is -2.24. The molecule has 0 aliphatic carbocycles. The van der Waals surface area contributed by atoms with Crippen molar-refractivity contribution in [2.24, 2.45) is 7.05 Å². The van der Waals surface area contributed by atoms with Crippen LogP contribution in [0.1, 0.15) is 41.7 Å². The Balaban J connectivity index is 1.59. The molecule has 1 atom stereocenters. The number of hydrogen-bond acceptors (Lipinski definition) is 7. The van der Waals surface area contributed by atoms with Crippen LogP contribution in [0.2, 0.25) is 0 Å². The van der Waals surface area contributed by atoms with Gasteiger partial charge in [-0.25, -0.2) is 19.9 Å². The van der Waals surface area contributed by atoms with Crippen LogP contribution in [-0.2, 0) is 13.6 Å². The molecule has 0 bridgehead atoms. The van der Waals surface area contributed by atoms with Crippen molar-refractivity contribution in [3.8, 4) is 0 Å². The Morgan fingerprint density at radius 3 is 2.63 bits per heavy atom. The monoisotopic (exact) mass is 364 g/mol. The second-order valence-electron chi connectivity index (χ2n) is 7.05. The molecule has 4 rings (SSSR count). The molecule has 140 valence electrons. The first-order chi connectivity index (χ1) is 13.1. The summed E-state index contributed by atoms with van der Waals surface area (Å²) in [5.74, 6) is 1.28. The molecule has 1 fully saturated rings. The van der Waals surface area contributed by atoms with Crippen molar-refractivity contribution in [1.29, 1.82) is 0 Å². The quantitative estimate of drug-likeness (QED) is 0.745. The lowest BCUT2D eigenvalue weighted by atomic mass is 10.1. The smallest absolute Gasteiger partial charge is 0.228 e. The summed E-state index contributed by atoms with van der Waals surface area (Å²) in [7, 11) is 1.99. The molecule has 1 aliphatic heterocycles. The van der Waals surface area contributed by atoms with Crippen molar-refractivity contribution in [1.82, 2.24) is 34.4 Å². The Labute approximate surface area is 158 Å². The fourth-order valence-electron chi connectivity index (χ4n) is 3.66. The summed E-state index contributed by atoms with van der Waals surface area (Å²) >= 11 is 0. The van der Waals surface area contributed by atoms with Gasteiger partial charge in [-0.3, -0.25) is 9.88 Å². The molecule has 8 heteroatoms. The number of aromatic nitrogens is 6. The van der Waals surface area contributed by atoms with E-state index in [2.05, 4.69) is 41.3 Å². The maximum Gasteiger partial charge on any atom is 0.228 e. The summed E-state index contributed by atoms with van der Waals surface area (Å²) in [5, 5.41) is 3.28. The minimum absolute atomic E-state index is 0.203. The lowest BCUT2D eigenvalue weighted by molar-refractivity contribution is 0.242. The van der Waals surface area contributed by atoms with Gasteiger partial charge >= 0.3 is 0 Å². The van der Waals surface area contributed by atoms with Crippen molar-refractivity contribution in [3.05, 3.63) is 53.8 Å². The van der Waals surface area contributed by atoms with E-state index >= 15 is 0 Å². The highest BCUT2D eigenvalue weighted by Crippen LogP contribution is 2.35. The maximum atomic E-state index is 4.65. The molecule has 0 spiro atoms. The van der Waals surface area contributed by atoms with E-state index < -0.39 is 0 Å². The summed E-state index contributed by atoms with van der Waals surface area (Å²) in [6.45, 7) is 5.75. The van der Waals surface area contributed by atoms with Crippen molar-refractivity contribution in [3.63, 3.8) is 0 Å². The maximum absolute atomic E-state index is 4.65. The Bertz CT molecular complexity index is 915. The van der Waals surface area contributed by atoms with Crippen LogP contribution in [0.15, 0.2) is 31.0 Å². The fourth-order valence-corrected chi connectivity index (χ4v) is 3.66. The summed E-state index contributed by atoms with van der Waals surface area (Å²) < 4.78 is 1.98. The first kappa shape index (κ1) is 17.5. The van der Waals surface area contributed by atoms with Gasteiger partial charge in [-0.1, -0.05) is 0 Å². The van der Waals surface area contributed by atoms with E-state index in [4.69, 9.17) is 0 Å². The SMILES string of the molecule is Cc1cc(C)nc(Nc2nccnc2C2CCCN2Cc2cn(C)cn2)n1. The van der Waals surface area contributed by atoms with Crippen LogP contribution in [0.25, 0.3) is 0 Å². The van der Waals surface area contributed by atoms with Gasteiger partial charge in [0.1, 0.15) is 5.69 Å². The first-order valence-electron chi connectivity index (χ1n) is 9.19. The van der Waals surface area contributed by atoms with Gasteiger partial charge in [0, 0.05) is 43.6 Å². The normalized spacial score (nSPS) is 17.4. The molecule has 1 aliphatic rings. The zero-order chi connectivity index (χ0) is 18.8. The number of likely N-dealkylation sites (tertiary alicyclic amines) is 1. The van der Waals surface area contributed by atoms with Crippen LogP contribution in [0.5, 0.6) is 0 Å². The van der Waals surface area contributed by atoms with Crippen LogP contribution in [0, 0.1) is 13.8 Å². The average Bonchev–Trinajstić information content (AvgIpc) is 3.24. The van der Waals surface area contributed by atoms with Gasteiger partial charge in [0.05, 0.1) is 18.1 Å². The number of hydrogen-bond donors (Lipinski definition) is 1. The number of rotatable bonds is 5. The molecule has 8 nitrogen and oxygen atoms in total. The molecule has 27 heavy (non-hydrogen) atoms. The minimum atomic E-state index is 0.203. The van der Waals surface area contributed by atoms with Crippen LogP contribution >= 0.6 is 0 Å². The summed E-state index contributed by atoms with van der Waals surface area (Å²) in [6, 6.07) is 2.16. The van der Waals surface area contributed by atoms with Crippen molar-refractivity contribution < 1.29 is 0 Å². The number of anilines is 2. The fraction of sp³-hybridized carbons (Fsp3) is 0.421. The molecule has 0 radical (unpaired) electrons. The molecular weight excluding hydrogens is 340 g/mol. The molecule has 4 heterocycles. The summed E-state index contributed by atoms with van der Waals surface area (Å²) in [5.41, 5.74) is 3.86. The number of nitrogens with zero attached hydrogens (tertiary/aromatic N) is 7. The Morgan fingerprint density at radius 1 is 1.11 bits per heavy atom. The second kappa shape index (κ2) is 7.40. The molecule has 0 aromatic carbocycles. The van der Waals surface area contributed by atoms with E-state index in [1.165, 1.54) is 0 Å². The van der Waals surface area contributed by atoms with Crippen molar-refractivity contribution in [2.75, 3.05) is 11.9 Å². The van der Waals surface area contributed by atoms with Crippen LogP contribution < -0.4 is 5.32 Å². The van der Waals surface area contributed by atoms with Gasteiger partial charge in [-0.2, -0.15) is 0 Å². The van der Waals surface area contributed by atoms with E-state index in [1.807, 2.05) is 37.9 Å². The van der Waals surface area contributed by atoms with Gasteiger partial charge in [0.25, 0.3) is 0 Å². The van der Waals surface area contributed by atoms with Gasteiger partial charge in [-0.15, -0.1) is 0 Å². The Hall–Kier alpha value is -2.87. The lowest BCUT2D eigenvalue weighted by Crippen LogP contribution is -2.24. The van der Waals surface area contributed by atoms with Crippen molar-refractivity contribution in [2.45, 2.75) is 39.3 Å². The molecule has 0 saturated carbocycles. The van der Waals surface area contributed by atoms with E-state index in [0.29, 0.717) is 5.95 Å². The minimum Gasteiger partial charge on any atom is -0.340 e. The van der Waals surface area contributed by atoms with Gasteiger partial charge in [0.15, 0.2) is 5.82 Å². The van der Waals surface area contributed by atoms with Gasteiger partial charge in [0.2, 0.25) is 5.95 Å². The molecule has 1 saturated heterocycles. The van der Waals surface area contributed by atoms with Crippen LogP contribution in [0.4, 0.5) is 11.8 Å². The third-order valence-corrected chi connectivity index (χ3v) is 4.74. The van der Waals surface area contributed by atoms with Crippen molar-refractivity contribution >= 4 is 11.8 Å². The molecule has 3 aromatic rings. The highest BCUT2D eigenvalue weighted by Gasteiger charge is 2.30. The molecule has 0 amide bonds.